The third-order valence-electron chi connectivity index (χ3n) is 2.70. The van der Waals surface area contributed by atoms with Gasteiger partial charge in [-0.25, -0.2) is 4.98 Å². The number of ether oxygens (including phenoxy) is 1. The van der Waals surface area contributed by atoms with E-state index in [1.54, 1.807) is 25.3 Å². The van der Waals surface area contributed by atoms with Gasteiger partial charge in [-0.05, 0) is 40.2 Å². The van der Waals surface area contributed by atoms with Crippen LogP contribution in [0.1, 0.15) is 9.67 Å². The Balaban J connectivity index is 1.94. The zero-order valence-electron chi connectivity index (χ0n) is 10.6. The van der Waals surface area contributed by atoms with E-state index in [2.05, 4.69) is 26.2 Å². The van der Waals surface area contributed by atoms with Crippen LogP contribution in [-0.2, 0) is 0 Å². The molecule has 1 amide bonds. The highest BCUT2D eigenvalue weighted by molar-refractivity contribution is 9.11. The number of thiophene rings is 1. The predicted molar refractivity (Wildman–Crippen MR) is 91.2 cm³/mol. The Labute approximate surface area is 141 Å². The van der Waals surface area contributed by atoms with Crippen molar-refractivity contribution in [2.75, 3.05) is 12.4 Å². The maximum absolute atomic E-state index is 12.1. The van der Waals surface area contributed by atoms with Crippen LogP contribution in [0.25, 0.3) is 10.2 Å². The van der Waals surface area contributed by atoms with Gasteiger partial charge in [-0.1, -0.05) is 22.9 Å². The number of benzene rings is 1. The van der Waals surface area contributed by atoms with Crippen LogP contribution >= 0.6 is 50.2 Å². The minimum absolute atomic E-state index is 0.195. The lowest BCUT2D eigenvalue weighted by molar-refractivity contribution is 0.103. The third kappa shape index (κ3) is 2.91. The van der Waals surface area contributed by atoms with Crippen LogP contribution in [0, 0.1) is 0 Å². The summed E-state index contributed by atoms with van der Waals surface area (Å²) in [7, 11) is 1.57. The molecule has 8 heteroatoms. The summed E-state index contributed by atoms with van der Waals surface area (Å²) < 4.78 is 6.95. The summed E-state index contributed by atoms with van der Waals surface area (Å²) in [4.78, 5) is 17.1. The molecule has 21 heavy (non-hydrogen) atoms. The fourth-order valence-corrected chi connectivity index (χ4v) is 4.20. The molecule has 1 aromatic carbocycles. The Morgan fingerprint density at radius 2 is 2.14 bits per heavy atom. The van der Waals surface area contributed by atoms with Gasteiger partial charge >= 0.3 is 0 Å². The molecule has 0 aliphatic rings. The SMILES string of the molecule is COc1ccc(Cl)c2sc(NC(=O)c3ccc(Br)s3)nc12. The molecule has 3 aromatic rings. The van der Waals surface area contributed by atoms with Gasteiger partial charge in [0.05, 0.1) is 25.5 Å². The Morgan fingerprint density at radius 1 is 1.33 bits per heavy atom. The van der Waals surface area contributed by atoms with Crippen molar-refractivity contribution in [1.82, 2.24) is 4.98 Å². The molecule has 0 aliphatic carbocycles. The highest BCUT2D eigenvalue weighted by atomic mass is 79.9. The summed E-state index contributed by atoms with van der Waals surface area (Å²) in [5.74, 6) is 0.435. The fourth-order valence-electron chi connectivity index (χ4n) is 1.77. The molecule has 0 unspecified atom stereocenters. The molecule has 0 radical (unpaired) electrons. The number of rotatable bonds is 3. The molecule has 2 aromatic heterocycles. The summed E-state index contributed by atoms with van der Waals surface area (Å²) in [6, 6.07) is 7.10. The van der Waals surface area contributed by atoms with E-state index in [0.29, 0.717) is 26.3 Å². The van der Waals surface area contributed by atoms with E-state index < -0.39 is 0 Å². The first kappa shape index (κ1) is 14.8. The molecule has 0 fully saturated rings. The average Bonchev–Trinajstić information content (AvgIpc) is 3.06. The number of thiazole rings is 1. The first-order valence-corrected chi connectivity index (χ1v) is 8.58. The zero-order valence-corrected chi connectivity index (χ0v) is 14.6. The van der Waals surface area contributed by atoms with Gasteiger partial charge in [0.1, 0.15) is 11.3 Å². The lowest BCUT2D eigenvalue weighted by Gasteiger charge is -2.00. The normalized spacial score (nSPS) is 10.8. The Morgan fingerprint density at radius 3 is 2.81 bits per heavy atom. The Bertz CT molecular complexity index is 831. The molecule has 0 atom stereocenters. The number of hydrogen-bond donors (Lipinski definition) is 1. The molecule has 0 aliphatic heterocycles. The quantitative estimate of drug-likeness (QED) is 0.667. The van der Waals surface area contributed by atoms with E-state index in [0.717, 1.165) is 8.49 Å². The minimum atomic E-state index is -0.195. The molecular weight excluding hydrogens is 396 g/mol. The van der Waals surface area contributed by atoms with E-state index in [1.807, 2.05) is 6.07 Å². The lowest BCUT2D eigenvalue weighted by Crippen LogP contribution is -2.09. The first-order chi connectivity index (χ1) is 10.1. The number of nitrogens with zero attached hydrogens (tertiary/aromatic N) is 1. The number of aromatic nitrogens is 1. The number of carbonyl (C=O) groups is 1. The number of halogens is 2. The van der Waals surface area contributed by atoms with Gasteiger partial charge in [0.2, 0.25) is 0 Å². The zero-order chi connectivity index (χ0) is 15.0. The summed E-state index contributed by atoms with van der Waals surface area (Å²) in [5.41, 5.74) is 0.651. The number of fused-ring (bicyclic) bond motifs is 1. The second kappa shape index (κ2) is 5.92. The van der Waals surface area contributed by atoms with Crippen LogP contribution in [0.5, 0.6) is 5.75 Å². The first-order valence-electron chi connectivity index (χ1n) is 5.78. The second-order valence-corrected chi connectivity index (χ2v) is 7.87. The van der Waals surface area contributed by atoms with Crippen molar-refractivity contribution in [3.05, 3.63) is 38.0 Å². The topological polar surface area (TPSA) is 51.2 Å². The number of amides is 1. The van der Waals surface area contributed by atoms with E-state index in [4.69, 9.17) is 16.3 Å². The molecule has 4 nitrogen and oxygen atoms in total. The molecule has 0 saturated heterocycles. The van der Waals surface area contributed by atoms with Crippen molar-refractivity contribution in [1.29, 1.82) is 0 Å². The number of hydrogen-bond acceptors (Lipinski definition) is 5. The highest BCUT2D eigenvalue weighted by Crippen LogP contribution is 2.37. The number of anilines is 1. The smallest absolute Gasteiger partial charge is 0.267 e. The summed E-state index contributed by atoms with van der Waals surface area (Å²) in [6.07, 6.45) is 0. The van der Waals surface area contributed by atoms with Crippen molar-refractivity contribution in [3.63, 3.8) is 0 Å². The minimum Gasteiger partial charge on any atom is -0.494 e. The highest BCUT2D eigenvalue weighted by Gasteiger charge is 2.15. The maximum atomic E-state index is 12.1. The van der Waals surface area contributed by atoms with Gasteiger partial charge in [-0.2, -0.15) is 0 Å². The molecule has 3 rings (SSSR count). The van der Waals surface area contributed by atoms with E-state index in [1.165, 1.54) is 22.7 Å². The van der Waals surface area contributed by atoms with Gasteiger partial charge < -0.3 is 4.74 Å². The lowest BCUT2D eigenvalue weighted by atomic mass is 10.3. The fraction of sp³-hybridized carbons (Fsp3) is 0.0769. The van der Waals surface area contributed by atoms with Gasteiger partial charge in [0.15, 0.2) is 5.13 Å². The van der Waals surface area contributed by atoms with Gasteiger partial charge in [-0.3, -0.25) is 10.1 Å². The van der Waals surface area contributed by atoms with Crippen LogP contribution in [0.2, 0.25) is 5.02 Å². The van der Waals surface area contributed by atoms with Crippen LogP contribution in [-0.4, -0.2) is 18.0 Å². The van der Waals surface area contributed by atoms with Crippen molar-refractivity contribution < 1.29 is 9.53 Å². The maximum Gasteiger partial charge on any atom is 0.267 e. The monoisotopic (exact) mass is 402 g/mol. The molecule has 2 heterocycles. The van der Waals surface area contributed by atoms with Gasteiger partial charge in [-0.15, -0.1) is 11.3 Å². The molecule has 0 spiro atoms. The average molecular weight is 404 g/mol. The third-order valence-corrected chi connectivity index (χ3v) is 5.75. The molecular formula is C13H8BrClN2O2S2. The van der Waals surface area contributed by atoms with Gasteiger partial charge in [0.25, 0.3) is 5.91 Å². The predicted octanol–water partition coefficient (Wildman–Crippen LogP) is 5.03. The van der Waals surface area contributed by atoms with Gasteiger partial charge in [0, 0.05) is 0 Å². The van der Waals surface area contributed by atoms with E-state index in [-0.39, 0.29) is 5.91 Å². The second-order valence-electron chi connectivity index (χ2n) is 4.00. The van der Waals surface area contributed by atoms with Crippen molar-refractivity contribution in [3.8, 4) is 5.75 Å². The summed E-state index contributed by atoms with van der Waals surface area (Å²) in [6.45, 7) is 0. The summed E-state index contributed by atoms with van der Waals surface area (Å²) in [5, 5.41) is 3.86. The molecule has 0 bridgehead atoms. The van der Waals surface area contributed by atoms with E-state index >= 15 is 0 Å². The molecule has 1 N–H and O–H groups in total. The Hall–Kier alpha value is -1.15. The van der Waals surface area contributed by atoms with Crippen molar-refractivity contribution >= 4 is 71.5 Å². The van der Waals surface area contributed by atoms with E-state index in [9.17, 15) is 4.79 Å². The van der Waals surface area contributed by atoms with Crippen LogP contribution < -0.4 is 10.1 Å². The summed E-state index contributed by atoms with van der Waals surface area (Å²) >= 11 is 12.2. The molecule has 108 valence electrons. The van der Waals surface area contributed by atoms with Crippen LogP contribution in [0.4, 0.5) is 5.13 Å². The largest absolute Gasteiger partial charge is 0.494 e. The standard InChI is InChI=1S/C13H8BrClN2O2S2/c1-19-7-3-2-6(15)11-10(7)16-13(21-11)17-12(18)8-4-5-9(14)20-8/h2-5H,1H3,(H,16,17,18). The van der Waals surface area contributed by atoms with Crippen LogP contribution in [0.15, 0.2) is 28.1 Å². The number of nitrogens with one attached hydrogen (secondary N) is 1. The number of methoxy groups -OCH3 is 1. The number of carbonyl (C=O) groups excluding carboxylic acids is 1. The van der Waals surface area contributed by atoms with Crippen molar-refractivity contribution in [2.45, 2.75) is 0 Å². The molecule has 0 saturated carbocycles. The van der Waals surface area contributed by atoms with Crippen molar-refractivity contribution in [2.24, 2.45) is 0 Å². The van der Waals surface area contributed by atoms with Crippen LogP contribution in [0.3, 0.4) is 0 Å². The Kier molecular flexibility index (Phi) is 4.17.